The molecule has 0 aromatic carbocycles. The van der Waals surface area contributed by atoms with Gasteiger partial charge in [-0.15, -0.1) is 0 Å². The number of hydrazine groups is 1. The van der Waals surface area contributed by atoms with Crippen LogP contribution in [0.25, 0.3) is 0 Å². The van der Waals surface area contributed by atoms with Gasteiger partial charge in [-0.1, -0.05) is 0 Å². The Bertz CT molecular complexity index is 357. The fourth-order valence-corrected chi connectivity index (χ4v) is 3.84. The normalized spacial score (nSPS) is 31.3. The molecule has 0 aliphatic carbocycles. The molecule has 3 unspecified atom stereocenters. The van der Waals surface area contributed by atoms with E-state index in [0.29, 0.717) is 18.0 Å². The van der Waals surface area contributed by atoms with Crippen LogP contribution in [0.2, 0.25) is 0 Å². The summed E-state index contributed by atoms with van der Waals surface area (Å²) in [6.07, 6.45) is 2.47. The minimum Gasteiger partial charge on any atom is -0.316 e. The maximum Gasteiger partial charge on any atom is 0.0286 e. The van der Waals surface area contributed by atoms with Crippen LogP contribution in [0, 0.1) is 5.92 Å². The summed E-state index contributed by atoms with van der Waals surface area (Å²) >= 11 is 0. The third-order valence-electron chi connectivity index (χ3n) is 4.56. The molecule has 2 rings (SSSR count). The Morgan fingerprint density at radius 3 is 2.43 bits per heavy atom. The Balaban J connectivity index is 1.88. The molecular formula is C18H39N5. The van der Waals surface area contributed by atoms with Crippen LogP contribution < -0.4 is 21.4 Å². The van der Waals surface area contributed by atoms with Gasteiger partial charge in [0.1, 0.15) is 0 Å². The van der Waals surface area contributed by atoms with Crippen LogP contribution in [-0.2, 0) is 0 Å². The van der Waals surface area contributed by atoms with Crippen LogP contribution in [-0.4, -0.2) is 60.9 Å². The molecule has 136 valence electrons. The van der Waals surface area contributed by atoms with Crippen LogP contribution in [0.5, 0.6) is 0 Å². The Morgan fingerprint density at radius 2 is 1.78 bits per heavy atom. The highest BCUT2D eigenvalue weighted by Crippen LogP contribution is 2.21. The van der Waals surface area contributed by atoms with Crippen molar-refractivity contribution in [1.82, 2.24) is 26.4 Å². The minimum absolute atomic E-state index is 0.143. The first kappa shape index (κ1) is 19.1. The van der Waals surface area contributed by atoms with E-state index in [2.05, 4.69) is 67.9 Å². The summed E-state index contributed by atoms with van der Waals surface area (Å²) in [5, 5.41) is 13.6. The number of hydrogen-bond acceptors (Lipinski definition) is 5. The van der Waals surface area contributed by atoms with E-state index in [1.54, 1.807) is 0 Å². The molecule has 2 heterocycles. The van der Waals surface area contributed by atoms with Crippen LogP contribution >= 0.6 is 0 Å². The molecule has 5 nitrogen and oxygen atoms in total. The summed E-state index contributed by atoms with van der Waals surface area (Å²) < 4.78 is 0. The van der Waals surface area contributed by atoms with Crippen LogP contribution in [0.15, 0.2) is 0 Å². The van der Waals surface area contributed by atoms with Gasteiger partial charge < -0.3 is 16.0 Å². The Morgan fingerprint density at radius 1 is 1.04 bits per heavy atom. The van der Waals surface area contributed by atoms with Gasteiger partial charge in [-0.3, -0.25) is 0 Å². The van der Waals surface area contributed by atoms with Crippen molar-refractivity contribution in [2.24, 2.45) is 5.92 Å². The Labute approximate surface area is 143 Å². The van der Waals surface area contributed by atoms with Crippen molar-refractivity contribution in [3.05, 3.63) is 0 Å². The highest BCUT2D eigenvalue weighted by Gasteiger charge is 2.31. The van der Waals surface area contributed by atoms with Crippen LogP contribution in [0.1, 0.15) is 54.4 Å². The minimum atomic E-state index is 0.143. The molecule has 2 aliphatic heterocycles. The standard InChI is InChI=1S/C18H39N5/c1-17(2,3)21-16-7-8-19-12-14(16)11-15-13-23(10-9-20-15)22-18(4,5)6/h14-16,19-22H,7-13H2,1-6H3. The van der Waals surface area contributed by atoms with E-state index in [0.717, 1.165) is 32.7 Å². The smallest absolute Gasteiger partial charge is 0.0286 e. The number of hydrogen-bond donors (Lipinski definition) is 4. The molecule has 4 N–H and O–H groups in total. The Kier molecular flexibility index (Phi) is 6.48. The summed E-state index contributed by atoms with van der Waals surface area (Å²) in [6, 6.07) is 1.21. The highest BCUT2D eigenvalue weighted by atomic mass is 15.5. The zero-order chi connectivity index (χ0) is 17.1. The quantitative estimate of drug-likeness (QED) is 0.628. The molecule has 0 spiro atoms. The first-order valence-electron chi connectivity index (χ1n) is 9.37. The summed E-state index contributed by atoms with van der Waals surface area (Å²) in [5.41, 5.74) is 3.97. The third kappa shape index (κ3) is 7.06. The molecule has 0 amide bonds. The van der Waals surface area contributed by atoms with Crippen molar-refractivity contribution in [2.45, 2.75) is 77.5 Å². The van der Waals surface area contributed by atoms with Crippen molar-refractivity contribution in [1.29, 1.82) is 0 Å². The van der Waals surface area contributed by atoms with Crippen molar-refractivity contribution in [2.75, 3.05) is 32.7 Å². The first-order valence-corrected chi connectivity index (χ1v) is 9.37. The summed E-state index contributed by atoms with van der Waals surface area (Å²) in [5.74, 6) is 0.704. The van der Waals surface area contributed by atoms with E-state index in [9.17, 15) is 0 Å². The average Bonchev–Trinajstić information content (AvgIpc) is 2.38. The average molecular weight is 326 g/mol. The lowest BCUT2D eigenvalue weighted by atomic mass is 9.85. The van der Waals surface area contributed by atoms with Gasteiger partial charge >= 0.3 is 0 Å². The molecule has 23 heavy (non-hydrogen) atoms. The van der Waals surface area contributed by atoms with E-state index < -0.39 is 0 Å². The van der Waals surface area contributed by atoms with Gasteiger partial charge in [0.15, 0.2) is 0 Å². The van der Waals surface area contributed by atoms with Gasteiger partial charge in [0.25, 0.3) is 0 Å². The molecule has 2 fully saturated rings. The van der Waals surface area contributed by atoms with Gasteiger partial charge in [-0.2, -0.15) is 0 Å². The summed E-state index contributed by atoms with van der Waals surface area (Å²) in [7, 11) is 0. The molecular weight excluding hydrogens is 286 g/mol. The van der Waals surface area contributed by atoms with Gasteiger partial charge in [0.05, 0.1) is 0 Å². The number of nitrogens with one attached hydrogen (secondary N) is 4. The Hall–Kier alpha value is -0.200. The first-order chi connectivity index (χ1) is 10.6. The number of piperazine rings is 1. The van der Waals surface area contributed by atoms with Crippen LogP contribution in [0.4, 0.5) is 0 Å². The maximum atomic E-state index is 3.85. The number of nitrogens with zero attached hydrogens (tertiary/aromatic N) is 1. The zero-order valence-corrected chi connectivity index (χ0v) is 16.1. The molecule has 0 bridgehead atoms. The van der Waals surface area contributed by atoms with Crippen molar-refractivity contribution >= 4 is 0 Å². The van der Waals surface area contributed by atoms with Gasteiger partial charge in [-0.05, 0) is 73.4 Å². The van der Waals surface area contributed by atoms with E-state index in [1.807, 2.05) is 0 Å². The van der Waals surface area contributed by atoms with E-state index in [4.69, 9.17) is 0 Å². The largest absolute Gasteiger partial charge is 0.316 e. The SMILES string of the molecule is CC(C)(C)NC1CCNCC1CC1CN(NC(C)(C)C)CCN1. The van der Waals surface area contributed by atoms with Crippen molar-refractivity contribution in [3.8, 4) is 0 Å². The zero-order valence-electron chi connectivity index (χ0n) is 16.1. The highest BCUT2D eigenvalue weighted by molar-refractivity contribution is 4.91. The summed E-state index contributed by atoms with van der Waals surface area (Å²) in [4.78, 5) is 0. The van der Waals surface area contributed by atoms with Gasteiger partial charge in [0, 0.05) is 42.8 Å². The lowest BCUT2D eigenvalue weighted by molar-refractivity contribution is 0.0784. The lowest BCUT2D eigenvalue weighted by Crippen LogP contribution is -2.61. The van der Waals surface area contributed by atoms with E-state index in [-0.39, 0.29) is 11.1 Å². The molecule has 0 radical (unpaired) electrons. The van der Waals surface area contributed by atoms with Gasteiger partial charge in [0.2, 0.25) is 0 Å². The number of piperidine rings is 1. The predicted molar refractivity (Wildman–Crippen MR) is 98.5 cm³/mol. The van der Waals surface area contributed by atoms with Crippen molar-refractivity contribution < 1.29 is 0 Å². The lowest BCUT2D eigenvalue weighted by Gasteiger charge is -2.42. The van der Waals surface area contributed by atoms with E-state index >= 15 is 0 Å². The molecule has 2 aliphatic rings. The fourth-order valence-electron chi connectivity index (χ4n) is 3.84. The predicted octanol–water partition coefficient (Wildman–Crippen LogP) is 1.32. The fraction of sp³-hybridized carbons (Fsp3) is 1.00. The molecule has 0 aromatic rings. The monoisotopic (exact) mass is 325 g/mol. The second kappa shape index (κ2) is 7.79. The maximum absolute atomic E-state index is 3.85. The van der Waals surface area contributed by atoms with Crippen molar-refractivity contribution in [3.63, 3.8) is 0 Å². The second-order valence-electron chi connectivity index (χ2n) is 9.45. The molecule has 0 aromatic heterocycles. The molecule has 3 atom stereocenters. The molecule has 5 heteroatoms. The third-order valence-corrected chi connectivity index (χ3v) is 4.56. The number of rotatable bonds is 4. The van der Waals surface area contributed by atoms with Crippen LogP contribution in [0.3, 0.4) is 0 Å². The van der Waals surface area contributed by atoms with Gasteiger partial charge in [-0.25, -0.2) is 10.4 Å². The topological polar surface area (TPSA) is 51.4 Å². The second-order valence-corrected chi connectivity index (χ2v) is 9.45. The molecule has 2 saturated heterocycles. The van der Waals surface area contributed by atoms with E-state index in [1.165, 1.54) is 12.8 Å². The summed E-state index contributed by atoms with van der Waals surface area (Å²) in [6.45, 7) is 19.1. The molecule has 0 saturated carbocycles.